The van der Waals surface area contributed by atoms with Crippen molar-refractivity contribution in [2.24, 2.45) is 0 Å². The molecule has 110 valence electrons. The van der Waals surface area contributed by atoms with Gasteiger partial charge in [-0.05, 0) is 19.1 Å². The molecule has 7 nitrogen and oxygen atoms in total. The molecule has 1 saturated heterocycles. The first-order valence-electron chi connectivity index (χ1n) is 5.71. The van der Waals surface area contributed by atoms with Crippen LogP contribution in [-0.2, 0) is 19.6 Å². The molecule has 2 heterocycles. The van der Waals surface area contributed by atoms with Crippen LogP contribution in [0.5, 0.6) is 0 Å². The second-order valence-corrected chi connectivity index (χ2v) is 6.55. The average Bonchev–Trinajstić information content (AvgIpc) is 2.33. The van der Waals surface area contributed by atoms with Crippen molar-refractivity contribution < 1.29 is 27.4 Å². The minimum Gasteiger partial charge on any atom is -0.480 e. The molecule has 0 aromatic carbocycles. The monoisotopic (exact) mass is 304 g/mol. The number of hydrogen-bond acceptors (Lipinski definition) is 5. The summed E-state index contributed by atoms with van der Waals surface area (Å²) < 4.78 is 43.8. The van der Waals surface area contributed by atoms with Gasteiger partial charge in [0.15, 0.2) is 5.82 Å². The number of carboxylic acid groups (broad SMARTS) is 1. The van der Waals surface area contributed by atoms with E-state index in [1.807, 2.05) is 0 Å². The first-order valence-corrected chi connectivity index (χ1v) is 7.15. The summed E-state index contributed by atoms with van der Waals surface area (Å²) in [4.78, 5) is 13.9. The number of carboxylic acids is 1. The predicted molar refractivity (Wildman–Crippen MR) is 64.9 cm³/mol. The number of ether oxygens (including phenoxy) is 1. The number of halogens is 1. The molecule has 0 amide bonds. The molecule has 0 radical (unpaired) electrons. The maximum absolute atomic E-state index is 13.5. The van der Waals surface area contributed by atoms with Crippen molar-refractivity contribution in [2.45, 2.75) is 17.6 Å². The molecule has 20 heavy (non-hydrogen) atoms. The van der Waals surface area contributed by atoms with Crippen LogP contribution in [0.1, 0.15) is 6.92 Å². The summed E-state index contributed by atoms with van der Waals surface area (Å²) in [6.45, 7) is 0.996. The van der Waals surface area contributed by atoms with E-state index in [-0.39, 0.29) is 13.1 Å². The molecule has 1 aromatic heterocycles. The first kappa shape index (κ1) is 14.8. The molecule has 0 spiro atoms. The molecule has 2 rings (SSSR count). The van der Waals surface area contributed by atoms with Gasteiger partial charge in [-0.15, -0.1) is 0 Å². The van der Waals surface area contributed by atoms with E-state index in [2.05, 4.69) is 4.98 Å². The summed E-state index contributed by atoms with van der Waals surface area (Å²) in [6.07, 6.45) is 1.19. The number of hydrogen-bond donors (Lipinski definition) is 1. The van der Waals surface area contributed by atoms with Gasteiger partial charge in [0.1, 0.15) is 6.61 Å². The highest BCUT2D eigenvalue weighted by atomic mass is 32.2. The van der Waals surface area contributed by atoms with Crippen LogP contribution in [0, 0.1) is 5.82 Å². The summed E-state index contributed by atoms with van der Waals surface area (Å²) in [5, 5.41) is 7.88. The standard InChI is InChI=1S/C11H13FN2O5S/c1-11(19-5-9(15)16)6-14(7-11)20(17,18)10-8(12)3-2-4-13-10/h2-4H,5-7H2,1H3,(H,15,16). The minimum absolute atomic E-state index is 0.0430. The van der Waals surface area contributed by atoms with E-state index < -0.39 is 39.0 Å². The molecule has 0 bridgehead atoms. The first-order chi connectivity index (χ1) is 9.24. The third-order valence-corrected chi connectivity index (χ3v) is 4.60. The van der Waals surface area contributed by atoms with Crippen LogP contribution in [0.15, 0.2) is 23.4 Å². The summed E-state index contributed by atoms with van der Waals surface area (Å²) >= 11 is 0. The van der Waals surface area contributed by atoms with E-state index >= 15 is 0 Å². The lowest BCUT2D eigenvalue weighted by Gasteiger charge is -2.45. The minimum atomic E-state index is -4.02. The van der Waals surface area contributed by atoms with E-state index in [0.29, 0.717) is 0 Å². The number of aliphatic carboxylic acids is 1. The summed E-state index contributed by atoms with van der Waals surface area (Å²) in [5.41, 5.74) is -0.878. The van der Waals surface area contributed by atoms with Crippen molar-refractivity contribution in [1.82, 2.24) is 9.29 Å². The van der Waals surface area contributed by atoms with Crippen molar-refractivity contribution in [3.63, 3.8) is 0 Å². The van der Waals surface area contributed by atoms with Gasteiger partial charge in [-0.1, -0.05) is 0 Å². The molecule has 0 atom stereocenters. The van der Waals surface area contributed by atoms with E-state index in [0.717, 1.165) is 10.4 Å². The Bertz CT molecular complexity index is 627. The summed E-state index contributed by atoms with van der Waals surface area (Å²) in [6, 6.07) is 2.31. The summed E-state index contributed by atoms with van der Waals surface area (Å²) in [7, 11) is -4.02. The molecule has 1 N–H and O–H groups in total. The van der Waals surface area contributed by atoms with Crippen molar-refractivity contribution >= 4 is 16.0 Å². The van der Waals surface area contributed by atoms with Gasteiger partial charge in [0.05, 0.1) is 5.60 Å². The van der Waals surface area contributed by atoms with Crippen LogP contribution in [0.2, 0.25) is 0 Å². The Morgan fingerprint density at radius 1 is 1.60 bits per heavy atom. The molecule has 1 aromatic rings. The molecule has 0 saturated carbocycles. The lowest BCUT2D eigenvalue weighted by molar-refractivity contribution is -0.157. The maximum atomic E-state index is 13.5. The Morgan fingerprint density at radius 3 is 2.80 bits per heavy atom. The highest BCUT2D eigenvalue weighted by molar-refractivity contribution is 7.89. The van der Waals surface area contributed by atoms with Gasteiger partial charge >= 0.3 is 5.97 Å². The second kappa shape index (κ2) is 5.08. The number of pyridine rings is 1. The van der Waals surface area contributed by atoms with Crippen LogP contribution in [0.4, 0.5) is 4.39 Å². The molecule has 9 heteroatoms. The van der Waals surface area contributed by atoms with Crippen molar-refractivity contribution in [1.29, 1.82) is 0 Å². The quantitative estimate of drug-likeness (QED) is 0.828. The highest BCUT2D eigenvalue weighted by Gasteiger charge is 2.47. The Labute approximate surface area is 115 Å². The third-order valence-electron chi connectivity index (χ3n) is 2.87. The van der Waals surface area contributed by atoms with Gasteiger partial charge in [0.2, 0.25) is 5.03 Å². The SMILES string of the molecule is CC1(OCC(=O)O)CN(S(=O)(=O)c2ncccc2F)C1. The number of sulfonamides is 1. The Kier molecular flexibility index (Phi) is 3.76. The zero-order chi connectivity index (χ0) is 15.0. The van der Waals surface area contributed by atoms with Gasteiger partial charge in [-0.25, -0.2) is 22.6 Å². The molecule has 1 aliphatic rings. The van der Waals surface area contributed by atoms with Gasteiger partial charge in [0.25, 0.3) is 10.0 Å². The van der Waals surface area contributed by atoms with Crippen molar-refractivity contribution in [3.05, 3.63) is 24.1 Å². The number of nitrogens with zero attached hydrogens (tertiary/aromatic N) is 2. The normalized spacial score (nSPS) is 18.5. The van der Waals surface area contributed by atoms with Gasteiger partial charge in [0, 0.05) is 19.3 Å². The van der Waals surface area contributed by atoms with Crippen LogP contribution in [0.25, 0.3) is 0 Å². The number of aromatic nitrogens is 1. The van der Waals surface area contributed by atoms with Crippen molar-refractivity contribution in [2.75, 3.05) is 19.7 Å². The Hall–Kier alpha value is -1.58. The fourth-order valence-corrected chi connectivity index (χ4v) is 3.52. The summed E-state index contributed by atoms with van der Waals surface area (Å²) in [5.74, 6) is -2.06. The van der Waals surface area contributed by atoms with E-state index in [9.17, 15) is 17.6 Å². The van der Waals surface area contributed by atoms with E-state index in [1.54, 1.807) is 6.92 Å². The van der Waals surface area contributed by atoms with Crippen LogP contribution < -0.4 is 0 Å². The van der Waals surface area contributed by atoms with Crippen LogP contribution in [0.3, 0.4) is 0 Å². The smallest absolute Gasteiger partial charge is 0.329 e. The molecule has 0 aliphatic carbocycles. The van der Waals surface area contributed by atoms with Gasteiger partial charge < -0.3 is 9.84 Å². The molecule has 1 fully saturated rings. The van der Waals surface area contributed by atoms with Gasteiger partial charge in [-0.2, -0.15) is 4.31 Å². The van der Waals surface area contributed by atoms with Crippen LogP contribution >= 0.6 is 0 Å². The second-order valence-electron chi connectivity index (χ2n) is 4.70. The Balaban J connectivity index is 2.08. The maximum Gasteiger partial charge on any atom is 0.329 e. The molecule has 0 unspecified atom stereocenters. The fraction of sp³-hybridized carbons (Fsp3) is 0.455. The molecular weight excluding hydrogens is 291 g/mol. The fourth-order valence-electron chi connectivity index (χ4n) is 1.88. The van der Waals surface area contributed by atoms with E-state index in [1.165, 1.54) is 12.3 Å². The lowest BCUT2D eigenvalue weighted by atomic mass is 10.0. The van der Waals surface area contributed by atoms with E-state index in [4.69, 9.17) is 9.84 Å². The number of rotatable bonds is 5. The predicted octanol–water partition coefficient (Wildman–Crippen LogP) is 0.0849. The zero-order valence-electron chi connectivity index (χ0n) is 10.6. The lowest BCUT2D eigenvalue weighted by Crippen LogP contribution is -2.63. The molecule has 1 aliphatic heterocycles. The number of carbonyl (C=O) groups is 1. The highest BCUT2D eigenvalue weighted by Crippen LogP contribution is 2.30. The van der Waals surface area contributed by atoms with Gasteiger partial charge in [-0.3, -0.25) is 0 Å². The zero-order valence-corrected chi connectivity index (χ0v) is 11.4. The topological polar surface area (TPSA) is 96.8 Å². The largest absolute Gasteiger partial charge is 0.480 e. The average molecular weight is 304 g/mol. The Morgan fingerprint density at radius 2 is 2.25 bits per heavy atom. The van der Waals surface area contributed by atoms with Crippen LogP contribution in [-0.4, -0.2) is 54.1 Å². The van der Waals surface area contributed by atoms with Crippen molar-refractivity contribution in [3.8, 4) is 0 Å². The molecular formula is C11H13FN2O5S. The third kappa shape index (κ3) is 2.79.